The van der Waals surface area contributed by atoms with Crippen LogP contribution in [0.2, 0.25) is 0 Å². The van der Waals surface area contributed by atoms with Crippen LogP contribution in [0.3, 0.4) is 0 Å². The van der Waals surface area contributed by atoms with E-state index in [9.17, 15) is 0 Å². The molecule has 3 rings (SSSR count). The van der Waals surface area contributed by atoms with Crippen LogP contribution < -0.4 is 11.1 Å². The molecule has 2 heterocycles. The summed E-state index contributed by atoms with van der Waals surface area (Å²) in [6, 6.07) is 0.524. The van der Waals surface area contributed by atoms with Gasteiger partial charge in [-0.1, -0.05) is 6.08 Å². The molecule has 1 aliphatic carbocycles. The van der Waals surface area contributed by atoms with E-state index in [0.29, 0.717) is 12.0 Å². The Morgan fingerprint density at radius 3 is 3.18 bits per heavy atom. The van der Waals surface area contributed by atoms with Gasteiger partial charge >= 0.3 is 0 Å². The number of nitrogens with two attached hydrogens (primary N) is 1. The van der Waals surface area contributed by atoms with Gasteiger partial charge in [0.1, 0.15) is 0 Å². The number of nitrogens with one attached hydrogen (secondary N) is 1. The summed E-state index contributed by atoms with van der Waals surface area (Å²) in [7, 11) is 2.13. The van der Waals surface area contributed by atoms with Gasteiger partial charge in [-0.2, -0.15) is 0 Å². The second-order valence-corrected chi connectivity index (χ2v) is 4.50. The maximum absolute atomic E-state index is 5.73. The Morgan fingerprint density at radius 1 is 1.53 bits per heavy atom. The molecule has 0 bridgehead atoms. The molecule has 2 aliphatic heterocycles. The highest BCUT2D eigenvalue weighted by Gasteiger charge is 2.30. The molecular weight excluding hydrogens is 327 g/mol. The number of hydrogen-bond donors (Lipinski definition) is 2. The summed E-state index contributed by atoms with van der Waals surface area (Å²) in [4.78, 5) is 6.41. The molecule has 3 aliphatic rings. The smallest absolute Gasteiger partial charge is 0.197 e. The molecule has 4 nitrogen and oxygen atoms in total. The highest BCUT2D eigenvalue weighted by Crippen LogP contribution is 2.35. The van der Waals surface area contributed by atoms with Gasteiger partial charge < -0.3 is 16.0 Å². The summed E-state index contributed by atoms with van der Waals surface area (Å²) in [5.74, 6) is 0.504. The zero-order valence-electron chi connectivity index (χ0n) is 9.81. The first-order chi connectivity index (χ1) is 7.75. The van der Waals surface area contributed by atoms with Crippen molar-refractivity contribution in [1.29, 1.82) is 0 Å². The number of halogens is 1. The summed E-state index contributed by atoms with van der Waals surface area (Å²) >= 11 is 0. The Balaban J connectivity index is 0.00000108. The molecule has 0 saturated carbocycles. The van der Waals surface area contributed by atoms with E-state index in [-0.39, 0.29) is 24.0 Å². The third kappa shape index (κ3) is 2.08. The Hall–Kier alpha value is -0.980. The molecule has 3 N–H and O–H groups in total. The Kier molecular flexibility index (Phi) is 3.46. The minimum absolute atomic E-state index is 0. The first kappa shape index (κ1) is 12.5. The number of guanidine groups is 1. The van der Waals surface area contributed by atoms with Crippen molar-refractivity contribution in [3.8, 4) is 0 Å². The molecular formula is C12H17IN4. The van der Waals surface area contributed by atoms with Gasteiger partial charge in [0.25, 0.3) is 0 Å². The predicted octanol–water partition coefficient (Wildman–Crippen LogP) is 1.67. The van der Waals surface area contributed by atoms with Crippen LogP contribution in [0.4, 0.5) is 0 Å². The average Bonchev–Trinajstić information content (AvgIpc) is 2.29. The molecule has 0 aromatic rings. The minimum atomic E-state index is 0. The van der Waals surface area contributed by atoms with Gasteiger partial charge in [-0.15, -0.1) is 24.0 Å². The predicted molar refractivity (Wildman–Crippen MR) is 79.8 cm³/mol. The molecule has 1 atom stereocenters. The number of rotatable bonds is 0. The maximum atomic E-state index is 5.73. The summed E-state index contributed by atoms with van der Waals surface area (Å²) in [6.45, 7) is 0. The van der Waals surface area contributed by atoms with Crippen molar-refractivity contribution in [1.82, 2.24) is 10.2 Å². The molecule has 1 unspecified atom stereocenters. The zero-order valence-corrected chi connectivity index (χ0v) is 12.1. The molecule has 0 fully saturated rings. The van der Waals surface area contributed by atoms with Gasteiger partial charge in [-0.3, -0.25) is 0 Å². The Bertz CT molecular complexity index is 447. The maximum Gasteiger partial charge on any atom is 0.197 e. The van der Waals surface area contributed by atoms with Gasteiger partial charge in [-0.05, 0) is 36.6 Å². The lowest BCUT2D eigenvalue weighted by Crippen LogP contribution is -2.41. The second kappa shape index (κ2) is 4.72. The van der Waals surface area contributed by atoms with Crippen molar-refractivity contribution in [3.63, 3.8) is 0 Å². The molecule has 0 radical (unpaired) electrons. The quantitative estimate of drug-likeness (QED) is 0.658. The summed E-state index contributed by atoms with van der Waals surface area (Å²) in [6.07, 6.45) is 9.54. The van der Waals surface area contributed by atoms with E-state index >= 15 is 0 Å². The molecule has 0 spiro atoms. The van der Waals surface area contributed by atoms with Crippen molar-refractivity contribution in [2.75, 3.05) is 7.05 Å². The van der Waals surface area contributed by atoms with Gasteiger partial charge in [0.05, 0.1) is 6.04 Å². The van der Waals surface area contributed by atoms with Gasteiger partial charge in [0.2, 0.25) is 0 Å². The third-order valence-electron chi connectivity index (χ3n) is 3.51. The molecule has 0 saturated heterocycles. The fraction of sp³-hybridized carbons (Fsp3) is 0.417. The van der Waals surface area contributed by atoms with Crippen LogP contribution >= 0.6 is 24.0 Å². The van der Waals surface area contributed by atoms with E-state index in [1.165, 1.54) is 23.3 Å². The van der Waals surface area contributed by atoms with E-state index < -0.39 is 0 Å². The molecule has 5 heteroatoms. The number of nitrogens with zero attached hydrogens (tertiary/aromatic N) is 2. The van der Waals surface area contributed by atoms with Crippen LogP contribution in [-0.4, -0.2) is 23.9 Å². The number of allylic oxidation sites excluding steroid dienone is 2. The van der Waals surface area contributed by atoms with E-state index in [4.69, 9.17) is 5.73 Å². The van der Waals surface area contributed by atoms with E-state index in [1.54, 1.807) is 0 Å². The van der Waals surface area contributed by atoms with Crippen LogP contribution in [0, 0.1) is 0 Å². The van der Waals surface area contributed by atoms with Crippen molar-refractivity contribution in [2.24, 2.45) is 10.7 Å². The number of fused-ring (bicyclic) bond motifs is 2. The average molecular weight is 344 g/mol. The zero-order chi connectivity index (χ0) is 11.1. The summed E-state index contributed by atoms with van der Waals surface area (Å²) < 4.78 is 0. The highest BCUT2D eigenvalue weighted by atomic mass is 127. The fourth-order valence-electron chi connectivity index (χ4n) is 2.70. The lowest BCUT2D eigenvalue weighted by atomic mass is 9.84. The lowest BCUT2D eigenvalue weighted by Gasteiger charge is -2.38. The first-order valence-electron chi connectivity index (χ1n) is 5.67. The number of aliphatic imine (C=N–C) groups is 1. The van der Waals surface area contributed by atoms with Crippen molar-refractivity contribution in [2.45, 2.75) is 25.3 Å². The van der Waals surface area contributed by atoms with Crippen LogP contribution in [-0.2, 0) is 0 Å². The largest absolute Gasteiger partial charge is 0.374 e. The Morgan fingerprint density at radius 2 is 2.35 bits per heavy atom. The van der Waals surface area contributed by atoms with E-state index in [1.807, 2.05) is 6.20 Å². The Labute approximate surface area is 118 Å². The standard InChI is InChI=1S/C12H16N4.HI/c1-16-6-2-3-9-10(16)5-4-8-7-14-12(13)15-11(8)9;/h2,6-7,10H,3-5H2,1H3,(H3,13,14,15);1H. The van der Waals surface area contributed by atoms with Gasteiger partial charge in [0, 0.05) is 18.9 Å². The molecule has 0 aromatic carbocycles. The van der Waals surface area contributed by atoms with Gasteiger partial charge in [0.15, 0.2) is 5.96 Å². The summed E-state index contributed by atoms with van der Waals surface area (Å²) in [5.41, 5.74) is 9.68. The van der Waals surface area contributed by atoms with Crippen LogP contribution in [0.1, 0.15) is 19.3 Å². The van der Waals surface area contributed by atoms with Crippen molar-refractivity contribution >= 4 is 29.9 Å². The van der Waals surface area contributed by atoms with Crippen LogP contribution in [0.25, 0.3) is 0 Å². The van der Waals surface area contributed by atoms with E-state index in [0.717, 1.165) is 12.8 Å². The van der Waals surface area contributed by atoms with Crippen molar-refractivity contribution < 1.29 is 0 Å². The van der Waals surface area contributed by atoms with Crippen LogP contribution in [0.15, 0.2) is 40.3 Å². The topological polar surface area (TPSA) is 53.6 Å². The van der Waals surface area contributed by atoms with E-state index in [2.05, 4.69) is 34.5 Å². The SMILES string of the molecule is CN1C=CCC2=C3NC(N)=NC=C3CCC21.I. The normalized spacial score (nSPS) is 26.2. The summed E-state index contributed by atoms with van der Waals surface area (Å²) in [5, 5.41) is 3.22. The van der Waals surface area contributed by atoms with Gasteiger partial charge in [-0.25, -0.2) is 4.99 Å². The highest BCUT2D eigenvalue weighted by molar-refractivity contribution is 14.0. The molecule has 17 heavy (non-hydrogen) atoms. The molecule has 0 aromatic heterocycles. The molecule has 92 valence electrons. The molecule has 0 amide bonds. The van der Waals surface area contributed by atoms with Crippen LogP contribution in [0.5, 0.6) is 0 Å². The van der Waals surface area contributed by atoms with Crippen molar-refractivity contribution in [3.05, 3.63) is 35.3 Å². The first-order valence-corrected chi connectivity index (χ1v) is 5.67. The monoisotopic (exact) mass is 344 g/mol. The second-order valence-electron chi connectivity index (χ2n) is 4.50. The number of hydrogen-bond acceptors (Lipinski definition) is 4. The minimum Gasteiger partial charge on any atom is -0.374 e. The number of likely N-dealkylation sites (N-methyl/N-ethyl adjacent to an activating group) is 1. The fourth-order valence-corrected chi connectivity index (χ4v) is 2.70. The lowest BCUT2D eigenvalue weighted by molar-refractivity contribution is 0.326. The third-order valence-corrected chi connectivity index (χ3v) is 3.51.